The summed E-state index contributed by atoms with van der Waals surface area (Å²) in [5, 5.41) is 7.47. The fourth-order valence-corrected chi connectivity index (χ4v) is 3.01. The van der Waals surface area contributed by atoms with Crippen LogP contribution in [0.3, 0.4) is 0 Å². The molecule has 0 aliphatic heterocycles. The van der Waals surface area contributed by atoms with E-state index in [-0.39, 0.29) is 5.69 Å². The maximum atomic E-state index is 12.4. The first-order chi connectivity index (χ1) is 14.1. The van der Waals surface area contributed by atoms with Crippen LogP contribution in [-0.2, 0) is 0 Å². The first-order valence-corrected chi connectivity index (χ1v) is 9.76. The smallest absolute Gasteiger partial charge is 0.275 e. The minimum absolute atomic E-state index is 0.156. The van der Waals surface area contributed by atoms with Crippen molar-refractivity contribution in [2.45, 2.75) is 19.8 Å². The predicted molar refractivity (Wildman–Crippen MR) is 113 cm³/mol. The third-order valence-electron chi connectivity index (χ3n) is 4.27. The quantitative estimate of drug-likeness (QED) is 0.572. The molecule has 1 amide bonds. The van der Waals surface area contributed by atoms with Gasteiger partial charge in [0, 0.05) is 18.3 Å². The second-order valence-corrected chi connectivity index (χ2v) is 6.89. The van der Waals surface area contributed by atoms with Crippen LogP contribution >= 0.6 is 11.6 Å². The number of nitrogens with one attached hydrogen (secondary N) is 1. The Kier molecular flexibility index (Phi) is 7.03. The first kappa shape index (κ1) is 20.6. The molecule has 0 unspecified atom stereocenters. The van der Waals surface area contributed by atoms with Crippen LogP contribution in [0.4, 0.5) is 0 Å². The molecule has 0 spiro atoms. The van der Waals surface area contributed by atoms with Crippen LogP contribution in [0.1, 0.15) is 29.0 Å². The van der Waals surface area contributed by atoms with Gasteiger partial charge in [0.2, 0.25) is 5.43 Å². The molecule has 29 heavy (non-hydrogen) atoms. The van der Waals surface area contributed by atoms with Crippen molar-refractivity contribution in [1.82, 2.24) is 15.1 Å². The van der Waals surface area contributed by atoms with Crippen molar-refractivity contribution in [3.63, 3.8) is 0 Å². The van der Waals surface area contributed by atoms with E-state index in [9.17, 15) is 9.59 Å². The van der Waals surface area contributed by atoms with Crippen molar-refractivity contribution >= 4 is 17.5 Å². The molecule has 3 rings (SSSR count). The first-order valence-electron chi connectivity index (χ1n) is 9.38. The molecule has 0 radical (unpaired) electrons. The molecule has 6 nitrogen and oxygen atoms in total. The maximum absolute atomic E-state index is 12.4. The van der Waals surface area contributed by atoms with Gasteiger partial charge in [-0.15, -0.1) is 0 Å². The number of hydrogen-bond acceptors (Lipinski definition) is 4. The van der Waals surface area contributed by atoms with E-state index in [1.54, 1.807) is 25.1 Å². The summed E-state index contributed by atoms with van der Waals surface area (Å²) in [5.74, 6) is 0.320. The molecule has 1 aromatic heterocycles. The lowest BCUT2D eigenvalue weighted by Crippen LogP contribution is -2.32. The van der Waals surface area contributed by atoms with Gasteiger partial charge in [-0.2, -0.15) is 5.10 Å². The Morgan fingerprint density at radius 3 is 2.59 bits per heavy atom. The maximum Gasteiger partial charge on any atom is 0.275 e. The molecule has 0 aliphatic carbocycles. The Bertz CT molecular complexity index is 1030. The Morgan fingerprint density at radius 2 is 1.83 bits per heavy atom. The van der Waals surface area contributed by atoms with Crippen molar-refractivity contribution in [3.05, 3.63) is 87.3 Å². The molecule has 1 N–H and O–H groups in total. The summed E-state index contributed by atoms with van der Waals surface area (Å²) in [6, 6.07) is 18.1. The summed E-state index contributed by atoms with van der Waals surface area (Å²) in [6.45, 7) is 2.73. The zero-order valence-corrected chi connectivity index (χ0v) is 16.9. The molecule has 0 fully saturated rings. The summed E-state index contributed by atoms with van der Waals surface area (Å²) in [6.07, 6.45) is 1.50. The van der Waals surface area contributed by atoms with Crippen LogP contribution < -0.4 is 15.5 Å². The Hall–Kier alpha value is -3.12. The number of amides is 1. The standard InChI is InChI=1S/C22H22ClN3O3/c1-16-15-20(27)21(25-26(16)19-12-6-5-11-18(19)23)22(28)24-13-7-8-14-29-17-9-3-2-4-10-17/h2-6,9-12,15H,7-8,13-14H2,1H3,(H,24,28). The zero-order valence-electron chi connectivity index (χ0n) is 16.1. The number of aromatic nitrogens is 2. The van der Waals surface area contributed by atoms with Crippen molar-refractivity contribution < 1.29 is 9.53 Å². The van der Waals surface area contributed by atoms with Crippen molar-refractivity contribution in [2.24, 2.45) is 0 Å². The zero-order chi connectivity index (χ0) is 20.6. The predicted octanol–water partition coefficient (Wildman–Crippen LogP) is 3.78. The van der Waals surface area contributed by atoms with Crippen LogP contribution in [0.25, 0.3) is 5.69 Å². The lowest BCUT2D eigenvalue weighted by atomic mass is 10.2. The van der Waals surface area contributed by atoms with E-state index in [4.69, 9.17) is 16.3 Å². The average molecular weight is 412 g/mol. The van der Waals surface area contributed by atoms with Crippen LogP contribution in [0.2, 0.25) is 5.02 Å². The fraction of sp³-hybridized carbons (Fsp3) is 0.227. The minimum Gasteiger partial charge on any atom is -0.494 e. The van der Waals surface area contributed by atoms with Gasteiger partial charge < -0.3 is 10.1 Å². The summed E-state index contributed by atoms with van der Waals surface area (Å²) in [5.41, 5.74) is 0.628. The number of rotatable bonds is 8. The van der Waals surface area contributed by atoms with Crippen molar-refractivity contribution in [1.29, 1.82) is 0 Å². The van der Waals surface area contributed by atoms with E-state index in [2.05, 4.69) is 10.4 Å². The monoisotopic (exact) mass is 411 g/mol. The van der Waals surface area contributed by atoms with Gasteiger partial charge in [-0.1, -0.05) is 41.9 Å². The van der Waals surface area contributed by atoms with Crippen LogP contribution in [0, 0.1) is 6.92 Å². The van der Waals surface area contributed by atoms with Gasteiger partial charge in [0.05, 0.1) is 17.3 Å². The highest BCUT2D eigenvalue weighted by Crippen LogP contribution is 2.19. The average Bonchev–Trinajstić information content (AvgIpc) is 2.72. The van der Waals surface area contributed by atoms with Crippen LogP contribution in [-0.4, -0.2) is 28.8 Å². The molecule has 0 aliphatic rings. The normalized spacial score (nSPS) is 10.6. The summed E-state index contributed by atoms with van der Waals surface area (Å²) >= 11 is 6.23. The van der Waals surface area contributed by atoms with Crippen LogP contribution in [0.15, 0.2) is 65.5 Å². The molecule has 0 saturated carbocycles. The van der Waals surface area contributed by atoms with Gasteiger partial charge in [-0.25, -0.2) is 4.68 Å². The highest BCUT2D eigenvalue weighted by Gasteiger charge is 2.15. The number of benzene rings is 2. The SMILES string of the molecule is Cc1cc(=O)c(C(=O)NCCCCOc2ccccc2)nn1-c1ccccc1Cl. The number of halogens is 1. The van der Waals surface area contributed by atoms with Gasteiger partial charge in [0.1, 0.15) is 5.75 Å². The van der Waals surface area contributed by atoms with Gasteiger partial charge in [0.25, 0.3) is 5.91 Å². The molecule has 1 heterocycles. The highest BCUT2D eigenvalue weighted by molar-refractivity contribution is 6.32. The number of carbonyl (C=O) groups is 1. The summed E-state index contributed by atoms with van der Waals surface area (Å²) in [7, 11) is 0. The third kappa shape index (κ3) is 5.45. The number of carbonyl (C=O) groups excluding carboxylic acids is 1. The Balaban J connectivity index is 1.57. The molecule has 0 atom stereocenters. The highest BCUT2D eigenvalue weighted by atomic mass is 35.5. The second-order valence-electron chi connectivity index (χ2n) is 6.49. The van der Waals surface area contributed by atoms with Gasteiger partial charge in [-0.05, 0) is 44.0 Å². The van der Waals surface area contributed by atoms with E-state index < -0.39 is 11.3 Å². The van der Waals surface area contributed by atoms with E-state index in [0.29, 0.717) is 29.6 Å². The molecule has 2 aromatic carbocycles. The minimum atomic E-state index is -0.500. The number of nitrogens with zero attached hydrogens (tertiary/aromatic N) is 2. The number of aryl methyl sites for hydroxylation is 1. The van der Waals surface area contributed by atoms with Crippen molar-refractivity contribution in [2.75, 3.05) is 13.2 Å². The molecule has 7 heteroatoms. The number of unbranched alkanes of at least 4 members (excludes halogenated alkanes) is 1. The molecule has 150 valence electrons. The molecule has 3 aromatic rings. The number of hydrogen-bond donors (Lipinski definition) is 1. The number of para-hydroxylation sites is 2. The fourth-order valence-electron chi connectivity index (χ4n) is 2.79. The largest absolute Gasteiger partial charge is 0.494 e. The second kappa shape index (κ2) is 9.89. The van der Waals surface area contributed by atoms with E-state index in [1.807, 2.05) is 36.4 Å². The van der Waals surface area contributed by atoms with Gasteiger partial charge in [-0.3, -0.25) is 9.59 Å². The lowest BCUT2D eigenvalue weighted by molar-refractivity contribution is 0.0944. The van der Waals surface area contributed by atoms with Crippen molar-refractivity contribution in [3.8, 4) is 11.4 Å². The van der Waals surface area contributed by atoms with Gasteiger partial charge >= 0.3 is 0 Å². The van der Waals surface area contributed by atoms with Gasteiger partial charge in [0.15, 0.2) is 5.69 Å². The Morgan fingerprint density at radius 1 is 1.10 bits per heavy atom. The topological polar surface area (TPSA) is 73.2 Å². The molecular weight excluding hydrogens is 390 g/mol. The summed E-state index contributed by atoms with van der Waals surface area (Å²) < 4.78 is 7.12. The van der Waals surface area contributed by atoms with E-state index in [0.717, 1.165) is 18.6 Å². The van der Waals surface area contributed by atoms with E-state index in [1.165, 1.54) is 10.7 Å². The molecule has 0 saturated heterocycles. The van der Waals surface area contributed by atoms with Crippen LogP contribution in [0.5, 0.6) is 5.75 Å². The lowest BCUT2D eigenvalue weighted by Gasteiger charge is -2.12. The third-order valence-corrected chi connectivity index (χ3v) is 4.59. The molecule has 0 bridgehead atoms. The molecular formula is C22H22ClN3O3. The summed E-state index contributed by atoms with van der Waals surface area (Å²) in [4.78, 5) is 24.7. The Labute approximate surface area is 174 Å². The number of ether oxygens (including phenoxy) is 1. The van der Waals surface area contributed by atoms with E-state index >= 15 is 0 Å².